The summed E-state index contributed by atoms with van der Waals surface area (Å²) >= 11 is 0. The highest BCUT2D eigenvalue weighted by Gasteiger charge is 2.26. The quantitative estimate of drug-likeness (QED) is 0.0266. The van der Waals surface area contributed by atoms with Crippen LogP contribution in [0.3, 0.4) is 0 Å². The van der Waals surface area contributed by atoms with Gasteiger partial charge in [0.05, 0.1) is 13.2 Å². The number of unbranched alkanes of at least 4 members (excludes halogenated alkanes) is 31. The first-order valence-corrected chi connectivity index (χ1v) is 25.7. The molecule has 9 nitrogen and oxygen atoms in total. The lowest BCUT2D eigenvalue weighted by Gasteiger charge is -2.19. The largest absolute Gasteiger partial charge is 0.472 e. The van der Waals surface area contributed by atoms with Gasteiger partial charge in [0.15, 0.2) is 6.10 Å². The van der Waals surface area contributed by atoms with E-state index in [9.17, 15) is 19.0 Å². The third-order valence-electron chi connectivity index (χ3n) is 10.7. The maximum atomic E-state index is 12.6. The molecule has 0 fully saturated rings. The minimum Gasteiger partial charge on any atom is -0.462 e. The topological polar surface area (TPSA) is 134 Å². The van der Waals surface area contributed by atoms with Crippen LogP contribution < -0.4 is 5.73 Å². The van der Waals surface area contributed by atoms with E-state index in [1.165, 1.54) is 167 Å². The number of esters is 2. The number of carbonyl (C=O) groups excluding carboxylic acids is 2. The van der Waals surface area contributed by atoms with Crippen LogP contribution in [-0.2, 0) is 32.7 Å². The predicted molar refractivity (Wildman–Crippen MR) is 238 cm³/mol. The van der Waals surface area contributed by atoms with Crippen LogP contribution in [-0.4, -0.2) is 49.3 Å². The molecule has 57 heavy (non-hydrogen) atoms. The Labute approximate surface area is 351 Å². The Morgan fingerprint density at radius 2 is 0.860 bits per heavy atom. The summed E-state index contributed by atoms with van der Waals surface area (Å²) in [7, 11) is -4.37. The van der Waals surface area contributed by atoms with Gasteiger partial charge in [0.2, 0.25) is 0 Å². The van der Waals surface area contributed by atoms with Gasteiger partial charge >= 0.3 is 19.8 Å². The molecule has 0 aliphatic heterocycles. The van der Waals surface area contributed by atoms with Crippen molar-refractivity contribution in [2.24, 2.45) is 5.73 Å². The van der Waals surface area contributed by atoms with E-state index in [-0.39, 0.29) is 38.6 Å². The van der Waals surface area contributed by atoms with Crippen LogP contribution in [0.25, 0.3) is 0 Å². The third-order valence-corrected chi connectivity index (χ3v) is 11.6. The zero-order chi connectivity index (χ0) is 41.8. The molecule has 338 valence electrons. The lowest BCUT2D eigenvalue weighted by Crippen LogP contribution is -2.29. The molecule has 0 heterocycles. The first-order valence-electron chi connectivity index (χ1n) is 24.2. The molecular weight excluding hydrogens is 737 g/mol. The molecule has 2 atom stereocenters. The van der Waals surface area contributed by atoms with E-state index in [0.29, 0.717) is 6.42 Å². The van der Waals surface area contributed by atoms with E-state index in [1.807, 2.05) is 0 Å². The molecule has 0 spiro atoms. The first-order chi connectivity index (χ1) is 27.8. The molecule has 0 aromatic carbocycles. The molecule has 0 rings (SSSR count). The van der Waals surface area contributed by atoms with Crippen LogP contribution in [0.4, 0.5) is 0 Å². The number of ether oxygens (including phenoxy) is 2. The average Bonchev–Trinajstić information content (AvgIpc) is 3.20. The number of nitrogens with two attached hydrogens (primary N) is 1. The van der Waals surface area contributed by atoms with E-state index >= 15 is 0 Å². The zero-order valence-electron chi connectivity index (χ0n) is 37.3. The van der Waals surface area contributed by atoms with E-state index in [4.69, 9.17) is 24.3 Å². The predicted octanol–water partition coefficient (Wildman–Crippen LogP) is 14.2. The van der Waals surface area contributed by atoms with Gasteiger partial charge in [-0.1, -0.05) is 206 Å². The minimum atomic E-state index is -4.37. The standard InChI is InChI=1S/C47H92NO8P/c1-3-5-7-9-11-13-15-17-19-20-21-22-23-24-26-28-30-32-34-36-38-40-47(50)56-45(44-55-57(51,52)54-42-41-48)43-53-46(49)39-37-35-33-31-29-27-25-18-16-14-12-10-8-6-4-2/h14,16,45H,3-13,15,17-44,48H2,1-2H3,(H,51,52)/b16-14+/t45-/m1/s1. The fourth-order valence-corrected chi connectivity index (χ4v) is 7.81. The molecule has 0 bridgehead atoms. The smallest absolute Gasteiger partial charge is 0.462 e. The number of phosphoric ester groups is 1. The fraction of sp³-hybridized carbons (Fsp3) is 0.915. The normalized spacial score (nSPS) is 13.3. The lowest BCUT2D eigenvalue weighted by molar-refractivity contribution is -0.161. The highest BCUT2D eigenvalue weighted by atomic mass is 31.2. The highest BCUT2D eigenvalue weighted by Crippen LogP contribution is 2.43. The number of hydrogen-bond donors (Lipinski definition) is 2. The summed E-state index contributed by atoms with van der Waals surface area (Å²) < 4.78 is 32.9. The van der Waals surface area contributed by atoms with Crippen molar-refractivity contribution in [2.75, 3.05) is 26.4 Å². The summed E-state index contributed by atoms with van der Waals surface area (Å²) in [6.45, 7) is 3.76. The van der Waals surface area contributed by atoms with Gasteiger partial charge in [-0.3, -0.25) is 18.6 Å². The van der Waals surface area contributed by atoms with Gasteiger partial charge in [0.1, 0.15) is 6.61 Å². The number of carbonyl (C=O) groups is 2. The fourth-order valence-electron chi connectivity index (χ4n) is 7.04. The van der Waals surface area contributed by atoms with E-state index in [1.54, 1.807) is 0 Å². The summed E-state index contributed by atoms with van der Waals surface area (Å²) in [4.78, 5) is 35.0. The maximum absolute atomic E-state index is 12.6. The van der Waals surface area contributed by atoms with Crippen molar-refractivity contribution in [3.05, 3.63) is 12.2 Å². The summed E-state index contributed by atoms with van der Waals surface area (Å²) in [5.41, 5.74) is 5.36. The van der Waals surface area contributed by atoms with Gasteiger partial charge in [-0.05, 0) is 38.5 Å². The lowest BCUT2D eigenvalue weighted by atomic mass is 10.0. The molecule has 0 saturated heterocycles. The summed E-state index contributed by atoms with van der Waals surface area (Å²) in [5, 5.41) is 0. The summed E-state index contributed by atoms with van der Waals surface area (Å²) in [6.07, 6.45) is 46.7. The number of allylic oxidation sites excluding steroid dienone is 2. The highest BCUT2D eigenvalue weighted by molar-refractivity contribution is 7.47. The zero-order valence-corrected chi connectivity index (χ0v) is 38.2. The number of rotatable bonds is 46. The molecular formula is C47H92NO8P. The molecule has 10 heteroatoms. The SMILES string of the molecule is CCCCCC/C=C/CCCCCCCCCC(=O)OC[C@H](COP(=O)(O)OCCN)OC(=O)CCCCCCCCCCCCCCCCCCCCCCC. The van der Waals surface area contributed by atoms with Crippen LogP contribution in [0, 0.1) is 0 Å². The Morgan fingerprint density at radius 1 is 0.509 bits per heavy atom. The van der Waals surface area contributed by atoms with E-state index < -0.39 is 26.5 Å². The molecule has 0 aliphatic rings. The number of hydrogen-bond acceptors (Lipinski definition) is 8. The van der Waals surface area contributed by atoms with Gasteiger partial charge < -0.3 is 20.1 Å². The molecule has 3 N–H and O–H groups in total. The van der Waals surface area contributed by atoms with Gasteiger partial charge in [0.25, 0.3) is 0 Å². The second kappa shape index (κ2) is 44.3. The Morgan fingerprint density at radius 3 is 1.26 bits per heavy atom. The molecule has 0 aromatic rings. The van der Waals surface area contributed by atoms with Crippen molar-refractivity contribution < 1.29 is 37.6 Å². The van der Waals surface area contributed by atoms with Crippen molar-refractivity contribution >= 4 is 19.8 Å². The van der Waals surface area contributed by atoms with Gasteiger partial charge in [-0.15, -0.1) is 0 Å². The minimum absolute atomic E-state index is 0.0559. The Kier molecular flexibility index (Phi) is 43.3. The summed E-state index contributed by atoms with van der Waals surface area (Å²) in [5.74, 6) is -0.819. The molecule has 0 amide bonds. The molecule has 0 aromatic heterocycles. The van der Waals surface area contributed by atoms with E-state index in [0.717, 1.165) is 44.9 Å². The van der Waals surface area contributed by atoms with Crippen LogP contribution >= 0.6 is 7.82 Å². The Hall–Kier alpha value is -1.25. The second-order valence-corrected chi connectivity index (χ2v) is 17.8. The Balaban J connectivity index is 4.03. The van der Waals surface area contributed by atoms with Crippen LogP contribution in [0.2, 0.25) is 0 Å². The molecule has 0 aliphatic carbocycles. The van der Waals surface area contributed by atoms with Crippen molar-refractivity contribution in [2.45, 2.75) is 251 Å². The van der Waals surface area contributed by atoms with E-state index in [2.05, 4.69) is 26.0 Å². The third kappa shape index (κ3) is 44.1. The van der Waals surface area contributed by atoms with Crippen molar-refractivity contribution in [1.29, 1.82) is 0 Å². The van der Waals surface area contributed by atoms with Crippen molar-refractivity contribution in [3.8, 4) is 0 Å². The second-order valence-electron chi connectivity index (χ2n) is 16.3. The maximum Gasteiger partial charge on any atom is 0.472 e. The van der Waals surface area contributed by atoms with Crippen LogP contribution in [0.15, 0.2) is 12.2 Å². The van der Waals surface area contributed by atoms with Crippen molar-refractivity contribution in [3.63, 3.8) is 0 Å². The Bertz CT molecular complexity index is 948. The molecule has 1 unspecified atom stereocenters. The number of phosphoric acid groups is 1. The molecule has 0 radical (unpaired) electrons. The van der Waals surface area contributed by atoms with Crippen LogP contribution in [0.5, 0.6) is 0 Å². The summed E-state index contributed by atoms with van der Waals surface area (Å²) in [6, 6.07) is 0. The van der Waals surface area contributed by atoms with Gasteiger partial charge in [-0.25, -0.2) is 4.57 Å². The molecule has 0 saturated carbocycles. The monoisotopic (exact) mass is 830 g/mol. The van der Waals surface area contributed by atoms with Crippen LogP contribution in [0.1, 0.15) is 245 Å². The van der Waals surface area contributed by atoms with Gasteiger partial charge in [-0.2, -0.15) is 0 Å². The first kappa shape index (κ1) is 55.8. The average molecular weight is 830 g/mol. The van der Waals surface area contributed by atoms with Crippen molar-refractivity contribution in [1.82, 2.24) is 0 Å². The van der Waals surface area contributed by atoms with Gasteiger partial charge in [0, 0.05) is 19.4 Å².